The quantitative estimate of drug-likeness (QED) is 0.723. The van der Waals surface area contributed by atoms with Crippen LogP contribution in [0.15, 0.2) is 4.34 Å². The fourth-order valence-corrected chi connectivity index (χ4v) is 5.16. The lowest BCUT2D eigenvalue weighted by Gasteiger charge is -2.22. The van der Waals surface area contributed by atoms with Crippen molar-refractivity contribution in [2.45, 2.75) is 62.0 Å². The molecule has 1 fully saturated rings. The predicted molar refractivity (Wildman–Crippen MR) is 94.9 cm³/mol. The standard InChI is InChI=1S/C15H26N4O3S2/c1-3-9-16-14-18-19-15(23-14)24(21,22)11(2)13(20)17-10-12-7-5-4-6-8-12/h11-12H,3-10H2,1-2H3,(H,16,18)(H,17,20)/t11-/m1/s1. The number of carbonyl (C=O) groups is 1. The number of nitrogens with one attached hydrogen (secondary N) is 2. The van der Waals surface area contributed by atoms with Crippen LogP contribution in [0.1, 0.15) is 52.4 Å². The number of rotatable bonds is 8. The highest BCUT2D eigenvalue weighted by Crippen LogP contribution is 2.25. The van der Waals surface area contributed by atoms with Gasteiger partial charge in [0, 0.05) is 13.1 Å². The number of aromatic nitrogens is 2. The molecule has 0 spiro atoms. The zero-order valence-corrected chi connectivity index (χ0v) is 15.9. The van der Waals surface area contributed by atoms with Crippen molar-refractivity contribution >= 4 is 32.2 Å². The Morgan fingerprint density at radius 3 is 2.67 bits per heavy atom. The molecular formula is C15H26N4O3S2. The summed E-state index contributed by atoms with van der Waals surface area (Å²) in [6.45, 7) is 4.67. The second-order valence-corrected chi connectivity index (χ2v) is 9.66. The number of carbonyl (C=O) groups excluding carboxylic acids is 1. The molecule has 1 aliphatic rings. The molecule has 0 unspecified atom stereocenters. The molecule has 136 valence electrons. The highest BCUT2D eigenvalue weighted by atomic mass is 32.2. The number of nitrogens with zero attached hydrogens (tertiary/aromatic N) is 2. The van der Waals surface area contributed by atoms with Crippen molar-refractivity contribution in [1.82, 2.24) is 15.5 Å². The second-order valence-electron chi connectivity index (χ2n) is 6.24. The van der Waals surface area contributed by atoms with E-state index in [0.717, 1.165) is 30.6 Å². The summed E-state index contributed by atoms with van der Waals surface area (Å²) in [5.74, 6) is 0.00261. The molecule has 0 bridgehead atoms. The van der Waals surface area contributed by atoms with Gasteiger partial charge in [0.25, 0.3) is 0 Å². The van der Waals surface area contributed by atoms with Crippen LogP contribution in [0.4, 0.5) is 5.13 Å². The first-order valence-corrected chi connectivity index (χ1v) is 10.9. The minimum Gasteiger partial charge on any atom is -0.360 e. The Morgan fingerprint density at radius 1 is 1.29 bits per heavy atom. The lowest BCUT2D eigenvalue weighted by Crippen LogP contribution is -2.40. The van der Waals surface area contributed by atoms with Crippen LogP contribution in [-0.2, 0) is 14.6 Å². The van der Waals surface area contributed by atoms with Crippen LogP contribution in [0.25, 0.3) is 0 Å². The third kappa shape index (κ3) is 4.89. The molecule has 1 aromatic heterocycles. The van der Waals surface area contributed by atoms with E-state index in [4.69, 9.17) is 0 Å². The molecule has 1 aromatic rings. The first-order chi connectivity index (χ1) is 11.4. The first kappa shape index (κ1) is 19.1. The van der Waals surface area contributed by atoms with Crippen LogP contribution >= 0.6 is 11.3 Å². The zero-order chi connectivity index (χ0) is 17.6. The summed E-state index contributed by atoms with van der Waals surface area (Å²) in [5.41, 5.74) is 0. The van der Waals surface area contributed by atoms with Crippen LogP contribution in [0, 0.1) is 5.92 Å². The van der Waals surface area contributed by atoms with Crippen molar-refractivity contribution in [3.05, 3.63) is 0 Å². The third-order valence-electron chi connectivity index (χ3n) is 4.30. The minimum absolute atomic E-state index is 0.110. The summed E-state index contributed by atoms with van der Waals surface area (Å²) in [7, 11) is -3.80. The maximum atomic E-state index is 12.5. The maximum absolute atomic E-state index is 12.5. The predicted octanol–water partition coefficient (Wildman–Crippen LogP) is 2.22. The van der Waals surface area contributed by atoms with Crippen LogP contribution in [0.2, 0.25) is 0 Å². The maximum Gasteiger partial charge on any atom is 0.238 e. The van der Waals surface area contributed by atoms with E-state index in [0.29, 0.717) is 24.1 Å². The first-order valence-electron chi connectivity index (χ1n) is 8.54. The van der Waals surface area contributed by atoms with E-state index < -0.39 is 21.0 Å². The van der Waals surface area contributed by atoms with Gasteiger partial charge in [-0.3, -0.25) is 4.79 Å². The fourth-order valence-electron chi connectivity index (χ4n) is 2.70. The molecule has 2 rings (SSSR count). The number of sulfone groups is 1. The van der Waals surface area contributed by atoms with Gasteiger partial charge in [-0.25, -0.2) is 8.42 Å². The molecule has 1 atom stereocenters. The third-order valence-corrected chi connectivity index (χ3v) is 7.64. The Kier molecular flexibility index (Phi) is 6.97. The molecule has 2 N–H and O–H groups in total. The van der Waals surface area contributed by atoms with Gasteiger partial charge in [0.05, 0.1) is 0 Å². The van der Waals surface area contributed by atoms with E-state index in [9.17, 15) is 13.2 Å². The van der Waals surface area contributed by atoms with Crippen molar-refractivity contribution in [3.8, 4) is 0 Å². The number of anilines is 1. The van der Waals surface area contributed by atoms with Crippen molar-refractivity contribution < 1.29 is 13.2 Å². The van der Waals surface area contributed by atoms with E-state index in [1.165, 1.54) is 26.2 Å². The summed E-state index contributed by atoms with van der Waals surface area (Å²) in [6.07, 6.45) is 6.73. The van der Waals surface area contributed by atoms with E-state index >= 15 is 0 Å². The topological polar surface area (TPSA) is 101 Å². The van der Waals surface area contributed by atoms with E-state index in [1.54, 1.807) is 0 Å². The summed E-state index contributed by atoms with van der Waals surface area (Å²) in [6, 6.07) is 0. The highest BCUT2D eigenvalue weighted by molar-refractivity contribution is 7.94. The molecule has 9 heteroatoms. The molecule has 0 radical (unpaired) electrons. The molecule has 1 aliphatic carbocycles. The smallest absolute Gasteiger partial charge is 0.238 e. The van der Waals surface area contributed by atoms with Crippen LogP contribution in [0.5, 0.6) is 0 Å². The molecule has 7 nitrogen and oxygen atoms in total. The summed E-state index contributed by atoms with van der Waals surface area (Å²) in [4.78, 5) is 12.2. The summed E-state index contributed by atoms with van der Waals surface area (Å²) >= 11 is 0.970. The Labute approximate surface area is 147 Å². The van der Waals surface area contributed by atoms with Crippen LogP contribution in [-0.4, -0.2) is 42.9 Å². The zero-order valence-electron chi connectivity index (χ0n) is 14.2. The van der Waals surface area contributed by atoms with Gasteiger partial charge in [-0.1, -0.05) is 37.5 Å². The highest BCUT2D eigenvalue weighted by Gasteiger charge is 2.33. The molecule has 1 saturated carbocycles. The Bertz CT molecular complexity index is 639. The minimum atomic E-state index is -3.80. The number of hydrogen-bond acceptors (Lipinski definition) is 7. The molecule has 0 saturated heterocycles. The summed E-state index contributed by atoms with van der Waals surface area (Å²) < 4.78 is 25.0. The molecule has 0 aliphatic heterocycles. The normalized spacial score (nSPS) is 17.4. The van der Waals surface area contributed by atoms with Gasteiger partial charge in [0.1, 0.15) is 5.25 Å². The van der Waals surface area contributed by atoms with Crippen molar-refractivity contribution in [3.63, 3.8) is 0 Å². The van der Waals surface area contributed by atoms with E-state index in [-0.39, 0.29) is 4.34 Å². The summed E-state index contributed by atoms with van der Waals surface area (Å²) in [5, 5.41) is 12.7. The molecule has 0 aromatic carbocycles. The Hall–Kier alpha value is -1.22. The number of amides is 1. The largest absolute Gasteiger partial charge is 0.360 e. The average Bonchev–Trinajstić information content (AvgIpc) is 3.07. The lowest BCUT2D eigenvalue weighted by atomic mass is 9.89. The van der Waals surface area contributed by atoms with Gasteiger partial charge in [0.2, 0.25) is 25.2 Å². The van der Waals surface area contributed by atoms with E-state index in [1.807, 2.05) is 6.92 Å². The molecule has 1 heterocycles. The van der Waals surface area contributed by atoms with Crippen molar-refractivity contribution in [2.24, 2.45) is 5.92 Å². The lowest BCUT2D eigenvalue weighted by molar-refractivity contribution is -0.120. The van der Waals surface area contributed by atoms with Crippen LogP contribution in [0.3, 0.4) is 0 Å². The Morgan fingerprint density at radius 2 is 2.00 bits per heavy atom. The van der Waals surface area contributed by atoms with Gasteiger partial charge < -0.3 is 10.6 Å². The van der Waals surface area contributed by atoms with Gasteiger partial charge in [0.15, 0.2) is 0 Å². The van der Waals surface area contributed by atoms with Gasteiger partial charge in [-0.15, -0.1) is 10.2 Å². The van der Waals surface area contributed by atoms with Crippen LogP contribution < -0.4 is 10.6 Å². The van der Waals surface area contributed by atoms with Crippen molar-refractivity contribution in [2.75, 3.05) is 18.4 Å². The second kappa shape index (κ2) is 8.75. The monoisotopic (exact) mass is 374 g/mol. The van der Waals surface area contributed by atoms with Crippen molar-refractivity contribution in [1.29, 1.82) is 0 Å². The molecule has 1 amide bonds. The van der Waals surface area contributed by atoms with Gasteiger partial charge >= 0.3 is 0 Å². The number of hydrogen-bond donors (Lipinski definition) is 2. The van der Waals surface area contributed by atoms with Gasteiger partial charge in [-0.05, 0) is 32.1 Å². The average molecular weight is 375 g/mol. The molecular weight excluding hydrogens is 348 g/mol. The SMILES string of the molecule is CCCNc1nnc(S(=O)(=O)[C@H](C)C(=O)NCC2CCCCC2)s1. The Balaban J connectivity index is 1.94. The van der Waals surface area contributed by atoms with Gasteiger partial charge in [-0.2, -0.15) is 0 Å². The fraction of sp³-hybridized carbons (Fsp3) is 0.800. The molecule has 24 heavy (non-hydrogen) atoms. The van der Waals surface area contributed by atoms with E-state index in [2.05, 4.69) is 20.8 Å².